The van der Waals surface area contributed by atoms with Gasteiger partial charge in [0, 0.05) is 5.57 Å². The molecule has 0 saturated carbocycles. The summed E-state index contributed by atoms with van der Waals surface area (Å²) in [6, 6.07) is 0. The maximum absolute atomic E-state index is 10.2. The minimum absolute atomic E-state index is 0.347. The third kappa shape index (κ3) is 15.7. The molecule has 4 nitrogen and oxygen atoms in total. The van der Waals surface area contributed by atoms with Crippen molar-refractivity contribution in [1.82, 2.24) is 0 Å². The van der Waals surface area contributed by atoms with E-state index in [1.165, 1.54) is 7.11 Å². The minimum atomic E-state index is -1.78. The molecule has 0 atom stereocenters. The zero-order chi connectivity index (χ0) is 15.9. The highest BCUT2D eigenvalue weighted by molar-refractivity contribution is 6.83. The quantitative estimate of drug-likeness (QED) is 0.443. The van der Waals surface area contributed by atoms with Crippen LogP contribution in [0.2, 0.25) is 45.8 Å². The van der Waals surface area contributed by atoms with Gasteiger partial charge in [0.2, 0.25) is 0 Å². The molecule has 0 radical (unpaired) electrons. The molecule has 0 spiro atoms. The van der Waals surface area contributed by atoms with E-state index in [1.807, 2.05) is 0 Å². The van der Waals surface area contributed by atoms with E-state index in [-0.39, 0.29) is 5.97 Å². The van der Waals surface area contributed by atoms with Crippen molar-refractivity contribution in [2.24, 2.45) is 0 Å². The number of carbonyl (C=O) groups excluding carboxylic acids is 1. The summed E-state index contributed by atoms with van der Waals surface area (Å²) in [5.41, 5.74) is 0.433. The van der Waals surface area contributed by atoms with Crippen LogP contribution in [0.1, 0.15) is 6.92 Å². The molecule has 0 aliphatic rings. The summed E-state index contributed by atoms with van der Waals surface area (Å²) in [6.07, 6.45) is 0. The Morgan fingerprint density at radius 2 is 1.53 bits per heavy atom. The predicted molar refractivity (Wildman–Crippen MR) is 88.7 cm³/mol. The van der Waals surface area contributed by atoms with Crippen LogP contribution in [0.25, 0.3) is 0 Å². The topological polar surface area (TPSA) is 44.8 Å². The smallest absolute Gasteiger partial charge is 0.332 e. The van der Waals surface area contributed by atoms with Gasteiger partial charge in [-0.2, -0.15) is 0 Å². The van der Waals surface area contributed by atoms with Gasteiger partial charge in [0.05, 0.1) is 7.11 Å². The van der Waals surface area contributed by atoms with E-state index >= 15 is 0 Å². The minimum Gasteiger partial charge on any atom is -0.466 e. The highest BCUT2D eigenvalue weighted by Crippen LogP contribution is 2.15. The molecule has 0 N–H and O–H groups in total. The second-order valence-corrected chi connectivity index (χ2v) is 16.9. The Bertz CT molecular complexity index is 296. The van der Waals surface area contributed by atoms with Crippen molar-refractivity contribution in [2.75, 3.05) is 7.11 Å². The molecule has 0 rings (SSSR count). The Kier molecular flexibility index (Phi) is 9.83. The number of hydrogen-bond donors (Lipinski definition) is 0. The molecule has 0 aliphatic heterocycles. The number of ether oxygens (including phenoxy) is 1. The number of carbonyl (C=O) groups is 1. The highest BCUT2D eigenvalue weighted by Gasteiger charge is 2.31. The molecule has 0 bridgehead atoms. The first-order chi connectivity index (χ1) is 8.30. The van der Waals surface area contributed by atoms with E-state index in [4.69, 9.17) is 8.23 Å². The van der Waals surface area contributed by atoms with Crippen LogP contribution >= 0.6 is 0 Å². The van der Waals surface area contributed by atoms with Crippen LogP contribution in [0.4, 0.5) is 0 Å². The third-order valence-electron chi connectivity index (χ3n) is 1.61. The van der Waals surface area contributed by atoms with Crippen LogP contribution in [0.5, 0.6) is 0 Å². The molecule has 7 heteroatoms. The Morgan fingerprint density at radius 1 is 1.11 bits per heavy atom. The monoisotopic (exact) mass is 322 g/mol. The van der Waals surface area contributed by atoms with Crippen LogP contribution in [-0.2, 0) is 17.8 Å². The Balaban J connectivity index is 0. The van der Waals surface area contributed by atoms with Crippen LogP contribution in [0.3, 0.4) is 0 Å². The first kappa shape index (κ1) is 21.1. The fourth-order valence-electron chi connectivity index (χ4n) is 1.50. The van der Waals surface area contributed by atoms with Crippen LogP contribution in [-0.4, -0.2) is 39.0 Å². The summed E-state index contributed by atoms with van der Waals surface area (Å²) >= 11 is 0. The zero-order valence-electron chi connectivity index (χ0n) is 13.9. The fourth-order valence-corrected chi connectivity index (χ4v) is 12.6. The second kappa shape index (κ2) is 8.85. The Hall–Kier alpha value is -0.219. The molecule has 0 unspecified atom stereocenters. The average molecular weight is 323 g/mol. The average Bonchev–Trinajstić information content (AvgIpc) is 2.10. The molecule has 0 aromatic rings. The van der Waals surface area contributed by atoms with Gasteiger partial charge in [0.1, 0.15) is 0 Å². The fraction of sp³-hybridized carbons (Fsp3) is 0.750. The lowest BCUT2D eigenvalue weighted by Crippen LogP contribution is -2.46. The Labute approximate surface area is 122 Å². The second-order valence-electron chi connectivity index (χ2n) is 6.05. The first-order valence-electron chi connectivity index (χ1n) is 6.42. The number of hydrogen-bond acceptors (Lipinski definition) is 4. The molecule has 0 amide bonds. The van der Waals surface area contributed by atoms with Crippen molar-refractivity contribution in [3.63, 3.8) is 0 Å². The SMILES string of the molecule is C=C(C)C(=O)OC.C[SiH](C)O[Si](C)(C)O[Si](C)(C)C. The van der Waals surface area contributed by atoms with Crippen molar-refractivity contribution in [2.45, 2.75) is 52.8 Å². The maximum Gasteiger partial charge on any atom is 0.332 e. The normalized spacial score (nSPS) is 11.7. The number of rotatable bonds is 5. The zero-order valence-corrected chi connectivity index (χ0v) is 17.1. The van der Waals surface area contributed by atoms with Crippen LogP contribution in [0, 0.1) is 0 Å². The lowest BCUT2D eigenvalue weighted by Gasteiger charge is -2.32. The standard InChI is InChI=1S/C7H22O2Si3.C5H8O2/c1-10(2)8-12(6,7)9-11(3,4)5;1-4(2)5(6)7-3/h10H,1-7H3;1H2,2-3H3. The summed E-state index contributed by atoms with van der Waals surface area (Å²) in [5, 5.41) is 0. The molecule has 0 saturated heterocycles. The predicted octanol–water partition coefficient (Wildman–Crippen LogP) is 3.28. The first-order valence-corrected chi connectivity index (χ1v) is 15.4. The lowest BCUT2D eigenvalue weighted by molar-refractivity contribution is -0.136. The molecule has 0 heterocycles. The van der Waals surface area contributed by atoms with Gasteiger partial charge in [-0.05, 0) is 52.8 Å². The molecule has 0 aromatic carbocycles. The van der Waals surface area contributed by atoms with Crippen molar-refractivity contribution in [3.8, 4) is 0 Å². The summed E-state index contributed by atoms with van der Waals surface area (Å²) in [6.45, 7) is 20.3. The van der Waals surface area contributed by atoms with Crippen LogP contribution in [0.15, 0.2) is 12.2 Å². The molecular weight excluding hydrogens is 292 g/mol. The molecule has 0 fully saturated rings. The van der Waals surface area contributed by atoms with E-state index in [1.54, 1.807) is 6.92 Å². The molecule has 114 valence electrons. The summed E-state index contributed by atoms with van der Waals surface area (Å²) < 4.78 is 16.2. The van der Waals surface area contributed by atoms with Crippen molar-refractivity contribution >= 4 is 31.9 Å². The van der Waals surface area contributed by atoms with Crippen LogP contribution < -0.4 is 0 Å². The Morgan fingerprint density at radius 3 is 1.68 bits per heavy atom. The van der Waals surface area contributed by atoms with Gasteiger partial charge in [-0.15, -0.1) is 0 Å². The lowest BCUT2D eigenvalue weighted by atomic mass is 10.4. The largest absolute Gasteiger partial charge is 0.466 e. The van der Waals surface area contributed by atoms with E-state index in [0.29, 0.717) is 5.57 Å². The van der Waals surface area contributed by atoms with Gasteiger partial charge < -0.3 is 13.0 Å². The van der Waals surface area contributed by atoms with Gasteiger partial charge in [-0.25, -0.2) is 4.79 Å². The van der Waals surface area contributed by atoms with Gasteiger partial charge in [0.25, 0.3) is 0 Å². The molecular formula is C12H30O4Si3. The summed E-state index contributed by atoms with van der Waals surface area (Å²) in [4.78, 5) is 10.2. The molecule has 0 aliphatic carbocycles. The van der Waals surface area contributed by atoms with Crippen molar-refractivity contribution in [1.29, 1.82) is 0 Å². The summed E-state index contributed by atoms with van der Waals surface area (Å²) in [7, 11) is -2.77. The summed E-state index contributed by atoms with van der Waals surface area (Å²) in [5.74, 6) is -0.347. The third-order valence-corrected chi connectivity index (χ3v) is 10.2. The molecule has 19 heavy (non-hydrogen) atoms. The van der Waals surface area contributed by atoms with E-state index in [2.05, 4.69) is 57.1 Å². The highest BCUT2D eigenvalue weighted by atomic mass is 28.5. The van der Waals surface area contributed by atoms with Gasteiger partial charge in [-0.3, -0.25) is 0 Å². The van der Waals surface area contributed by atoms with Gasteiger partial charge in [0.15, 0.2) is 17.4 Å². The number of esters is 1. The molecule has 0 aromatic heterocycles. The number of methoxy groups -OCH3 is 1. The van der Waals surface area contributed by atoms with E-state index in [0.717, 1.165) is 0 Å². The van der Waals surface area contributed by atoms with E-state index in [9.17, 15) is 4.79 Å². The van der Waals surface area contributed by atoms with Gasteiger partial charge >= 0.3 is 14.5 Å². The van der Waals surface area contributed by atoms with E-state index < -0.39 is 25.9 Å². The van der Waals surface area contributed by atoms with Crippen molar-refractivity contribution in [3.05, 3.63) is 12.2 Å². The van der Waals surface area contributed by atoms with Gasteiger partial charge in [-0.1, -0.05) is 6.58 Å². The van der Waals surface area contributed by atoms with Crippen molar-refractivity contribution < 1.29 is 17.8 Å². The maximum atomic E-state index is 10.2.